The summed E-state index contributed by atoms with van der Waals surface area (Å²) in [6.45, 7) is 5.88. The molecule has 0 radical (unpaired) electrons. The largest absolute Gasteiger partial charge is 0.494 e. The number of aromatic nitrogens is 4. The van der Waals surface area contributed by atoms with Gasteiger partial charge in [-0.1, -0.05) is 18.7 Å². The van der Waals surface area contributed by atoms with Gasteiger partial charge >= 0.3 is 0 Å². The molecule has 1 aliphatic rings. The smallest absolute Gasteiger partial charge is 0.247 e. The first kappa shape index (κ1) is 29.0. The van der Waals surface area contributed by atoms with Crippen molar-refractivity contribution in [3.05, 3.63) is 61.3 Å². The summed E-state index contributed by atoms with van der Waals surface area (Å²) in [5, 5.41) is 6.12. The molecule has 13 heteroatoms. The number of nitrogens with zero attached hydrogens (tertiary/aromatic N) is 6. The van der Waals surface area contributed by atoms with Gasteiger partial charge in [-0.2, -0.15) is 0 Å². The van der Waals surface area contributed by atoms with Crippen LogP contribution in [-0.2, 0) is 21.7 Å². The van der Waals surface area contributed by atoms with Gasteiger partial charge in [-0.3, -0.25) is 9.69 Å². The number of methoxy groups -OCH3 is 1. The summed E-state index contributed by atoms with van der Waals surface area (Å²) in [6, 6.07) is 13.3. The molecule has 0 atom stereocenters. The van der Waals surface area contributed by atoms with E-state index in [1.165, 1.54) is 6.08 Å². The van der Waals surface area contributed by atoms with Gasteiger partial charge in [0.2, 0.25) is 11.9 Å². The van der Waals surface area contributed by atoms with Crippen molar-refractivity contribution in [3.8, 4) is 17.3 Å². The maximum atomic E-state index is 12.4. The number of para-hydroxylation sites is 2. The Kier molecular flexibility index (Phi) is 8.41. The van der Waals surface area contributed by atoms with Gasteiger partial charge in [0, 0.05) is 52.5 Å². The first-order valence-corrected chi connectivity index (χ1v) is 15.3. The Morgan fingerprint density at radius 2 is 1.90 bits per heavy atom. The minimum absolute atomic E-state index is 0.172. The van der Waals surface area contributed by atoms with Crippen LogP contribution in [0.3, 0.4) is 0 Å². The zero-order chi connectivity index (χ0) is 29.9. The highest BCUT2D eigenvalue weighted by Gasteiger charge is 2.22. The molecule has 4 aromatic rings. The van der Waals surface area contributed by atoms with Crippen LogP contribution >= 0.6 is 0 Å². The molecular formula is C29H34N8O4S. The van der Waals surface area contributed by atoms with E-state index in [0.717, 1.165) is 16.7 Å². The van der Waals surface area contributed by atoms with E-state index < -0.39 is 9.84 Å². The van der Waals surface area contributed by atoms with Crippen molar-refractivity contribution < 1.29 is 17.9 Å². The van der Waals surface area contributed by atoms with E-state index in [4.69, 9.17) is 14.7 Å². The average Bonchev–Trinajstić information content (AvgIpc) is 3.33. The normalized spacial score (nSPS) is 14.8. The van der Waals surface area contributed by atoms with Gasteiger partial charge in [-0.25, -0.2) is 23.4 Å². The lowest BCUT2D eigenvalue weighted by atomic mass is 10.2. The number of fused-ring (bicyclic) bond motifs is 1. The van der Waals surface area contributed by atoms with Crippen LogP contribution < -0.4 is 20.3 Å². The number of ether oxygens (including phenoxy) is 1. The van der Waals surface area contributed by atoms with Crippen LogP contribution in [0.2, 0.25) is 0 Å². The van der Waals surface area contributed by atoms with E-state index in [-0.39, 0.29) is 17.4 Å². The molecule has 0 unspecified atom stereocenters. The highest BCUT2D eigenvalue weighted by atomic mass is 32.2. The van der Waals surface area contributed by atoms with Crippen molar-refractivity contribution in [3.63, 3.8) is 0 Å². The zero-order valence-corrected chi connectivity index (χ0v) is 24.7. The number of carbonyl (C=O) groups excluding carboxylic acids is 1. The molecule has 0 saturated carbocycles. The van der Waals surface area contributed by atoms with Crippen molar-refractivity contribution in [1.29, 1.82) is 0 Å². The predicted molar refractivity (Wildman–Crippen MR) is 165 cm³/mol. The maximum Gasteiger partial charge on any atom is 0.247 e. The molecule has 220 valence electrons. The van der Waals surface area contributed by atoms with Crippen molar-refractivity contribution in [2.45, 2.75) is 0 Å². The van der Waals surface area contributed by atoms with Crippen LogP contribution in [0.25, 0.3) is 22.6 Å². The fourth-order valence-electron chi connectivity index (χ4n) is 4.86. The Hall–Kier alpha value is -4.49. The minimum atomic E-state index is -2.95. The molecule has 5 rings (SSSR count). The number of rotatable bonds is 10. The fourth-order valence-corrected chi connectivity index (χ4v) is 6.14. The summed E-state index contributed by atoms with van der Waals surface area (Å²) in [5.74, 6) is 1.55. The third-order valence-corrected chi connectivity index (χ3v) is 8.89. The number of hydrogen-bond acceptors (Lipinski definition) is 10. The second-order valence-electron chi connectivity index (χ2n) is 10.1. The molecule has 0 spiro atoms. The quantitative estimate of drug-likeness (QED) is 0.265. The Morgan fingerprint density at radius 1 is 1.14 bits per heavy atom. The van der Waals surface area contributed by atoms with Crippen molar-refractivity contribution >= 4 is 49.8 Å². The second kappa shape index (κ2) is 12.2. The van der Waals surface area contributed by atoms with Crippen molar-refractivity contribution in [1.82, 2.24) is 24.4 Å². The molecule has 42 heavy (non-hydrogen) atoms. The van der Waals surface area contributed by atoms with Crippen LogP contribution in [-0.4, -0.2) is 90.6 Å². The summed E-state index contributed by atoms with van der Waals surface area (Å²) < 4.78 is 31.3. The number of anilines is 4. The Bertz CT molecular complexity index is 1720. The van der Waals surface area contributed by atoms with E-state index in [1.54, 1.807) is 25.4 Å². The lowest BCUT2D eigenvalue weighted by Crippen LogP contribution is -2.43. The fraction of sp³-hybridized carbons (Fsp3) is 0.310. The number of amides is 1. The number of sulfone groups is 1. The van der Waals surface area contributed by atoms with Crippen LogP contribution in [0.15, 0.2) is 61.3 Å². The molecule has 1 saturated heterocycles. The summed E-state index contributed by atoms with van der Waals surface area (Å²) in [7, 11) is 2.48. The van der Waals surface area contributed by atoms with Gasteiger partial charge in [-0.15, -0.1) is 0 Å². The summed E-state index contributed by atoms with van der Waals surface area (Å²) in [4.78, 5) is 30.3. The summed E-state index contributed by atoms with van der Waals surface area (Å²) >= 11 is 0. The zero-order valence-electron chi connectivity index (χ0n) is 23.9. The molecule has 2 aromatic heterocycles. The molecular weight excluding hydrogens is 556 g/mol. The topological polar surface area (TPSA) is 135 Å². The molecule has 0 aliphatic carbocycles. The highest BCUT2D eigenvalue weighted by molar-refractivity contribution is 7.91. The standard InChI is InChI=1S/C29H34N8O4S/c1-5-27(38)31-22-18-23(26(41-4)19-25(22)35(2)12-13-37-14-16-42(39,40)17-15-37)34-29-30-11-10-21(33-29)28-32-20-8-6-7-9-24(20)36(28)3/h5-11,18-19H,1,12-17H2,2-4H3,(H,31,38)(H,30,33,34). The monoisotopic (exact) mass is 590 g/mol. The van der Waals surface area contributed by atoms with E-state index in [9.17, 15) is 13.2 Å². The Labute approximate surface area is 245 Å². The molecule has 3 heterocycles. The Balaban J connectivity index is 1.41. The number of likely N-dealkylation sites (N-methyl/N-ethyl adjacent to an activating group) is 1. The van der Waals surface area contributed by atoms with E-state index >= 15 is 0 Å². The number of aryl methyl sites for hydroxylation is 1. The van der Waals surface area contributed by atoms with Gasteiger partial charge in [0.05, 0.1) is 46.7 Å². The number of hydrogen-bond donors (Lipinski definition) is 2. The van der Waals surface area contributed by atoms with Crippen LogP contribution in [0.1, 0.15) is 0 Å². The predicted octanol–water partition coefficient (Wildman–Crippen LogP) is 3.07. The molecule has 1 fully saturated rings. The lowest BCUT2D eigenvalue weighted by molar-refractivity contribution is -0.111. The van der Waals surface area contributed by atoms with Crippen LogP contribution in [0.4, 0.5) is 23.0 Å². The van der Waals surface area contributed by atoms with Gasteiger partial charge in [0.15, 0.2) is 15.7 Å². The SMILES string of the molecule is C=CC(=O)Nc1cc(Nc2nccc(-c3nc4ccccc4n3C)n2)c(OC)cc1N(C)CCN1CCS(=O)(=O)CC1. The highest BCUT2D eigenvalue weighted by Crippen LogP contribution is 2.38. The van der Waals surface area contributed by atoms with Gasteiger partial charge in [-0.05, 0) is 30.3 Å². The number of benzene rings is 2. The summed E-state index contributed by atoms with van der Waals surface area (Å²) in [6.07, 6.45) is 2.86. The van der Waals surface area contributed by atoms with E-state index in [2.05, 4.69) is 27.1 Å². The molecule has 1 amide bonds. The lowest BCUT2D eigenvalue weighted by Gasteiger charge is -2.30. The van der Waals surface area contributed by atoms with Gasteiger partial charge in [0.25, 0.3) is 0 Å². The molecule has 2 N–H and O–H groups in total. The summed E-state index contributed by atoms with van der Waals surface area (Å²) in [5.41, 5.74) is 4.34. The number of nitrogens with one attached hydrogen (secondary N) is 2. The van der Waals surface area contributed by atoms with E-state index in [0.29, 0.717) is 60.8 Å². The molecule has 2 aromatic carbocycles. The molecule has 12 nitrogen and oxygen atoms in total. The number of imidazole rings is 1. The first-order valence-electron chi connectivity index (χ1n) is 13.5. The maximum absolute atomic E-state index is 12.4. The van der Waals surface area contributed by atoms with Gasteiger partial charge in [0.1, 0.15) is 11.4 Å². The van der Waals surface area contributed by atoms with Crippen molar-refractivity contribution in [2.75, 3.05) is 67.4 Å². The molecule has 1 aliphatic heterocycles. The molecule has 0 bridgehead atoms. The van der Waals surface area contributed by atoms with E-state index in [1.807, 2.05) is 53.9 Å². The second-order valence-corrected chi connectivity index (χ2v) is 12.4. The first-order chi connectivity index (χ1) is 20.2. The average molecular weight is 591 g/mol. The van der Waals surface area contributed by atoms with Crippen LogP contribution in [0, 0.1) is 0 Å². The van der Waals surface area contributed by atoms with Gasteiger partial charge < -0.3 is 24.8 Å². The third-order valence-electron chi connectivity index (χ3n) is 7.28. The third kappa shape index (κ3) is 6.37. The Morgan fingerprint density at radius 3 is 2.62 bits per heavy atom. The number of carbonyl (C=O) groups is 1. The minimum Gasteiger partial charge on any atom is -0.494 e. The van der Waals surface area contributed by atoms with Crippen molar-refractivity contribution in [2.24, 2.45) is 7.05 Å². The van der Waals surface area contributed by atoms with Crippen LogP contribution in [0.5, 0.6) is 5.75 Å².